The lowest BCUT2D eigenvalue weighted by Gasteiger charge is -2.31. The van der Waals surface area contributed by atoms with E-state index in [9.17, 15) is 23.6 Å². The Labute approximate surface area is 216 Å². The van der Waals surface area contributed by atoms with Gasteiger partial charge < -0.3 is 27.0 Å². The predicted molar refractivity (Wildman–Crippen MR) is 140 cm³/mol. The Morgan fingerprint density at radius 1 is 1.16 bits per heavy atom. The van der Waals surface area contributed by atoms with Crippen LogP contribution in [0.2, 0.25) is 0 Å². The van der Waals surface area contributed by atoms with Crippen LogP contribution in [0.5, 0.6) is 0 Å². The molecule has 6 N–H and O–H groups in total. The molecular formula is C26H37FN6O4. The average Bonchev–Trinajstić information content (AvgIpc) is 3.37. The number of carbonyl (C=O) groups is 4. The summed E-state index contributed by atoms with van der Waals surface area (Å²) in [4.78, 5) is 56.3. The number of nitrogens with zero attached hydrogens (tertiary/aromatic N) is 2. The van der Waals surface area contributed by atoms with E-state index in [2.05, 4.69) is 15.6 Å². The van der Waals surface area contributed by atoms with Crippen molar-refractivity contribution in [2.24, 2.45) is 22.4 Å². The number of ketones is 1. The molecule has 1 aromatic rings. The number of aliphatic imine (C=N–C) groups is 1. The standard InChI is InChI=1S/C26H37FN6O4/c1-17(2)23(32-22(35)13-12-18-8-4-3-5-9-18)25(37)33-15-7-11-20(33)24(36)31-19(21(34)16-27)10-6-14-30-26(28)29/h3-5,8-9,12-13,17,19-20,23H,6-7,10-11,14-16H2,1-2H3,(H,31,36)(H,32,35)(H4,28,29,30)/t19-,20-,23-/m0/s1. The number of carbonyl (C=O) groups excluding carboxylic acids is 4. The molecule has 0 unspecified atom stereocenters. The molecule has 1 saturated heterocycles. The number of likely N-dealkylation sites (tertiary alicyclic amines) is 1. The molecule has 3 amide bonds. The normalized spacial score (nSPS) is 16.9. The Kier molecular flexibility index (Phi) is 11.7. The molecule has 202 valence electrons. The lowest BCUT2D eigenvalue weighted by Crippen LogP contribution is -2.56. The van der Waals surface area contributed by atoms with Crippen molar-refractivity contribution in [3.8, 4) is 0 Å². The molecule has 10 nitrogen and oxygen atoms in total. The van der Waals surface area contributed by atoms with Crippen molar-refractivity contribution in [2.75, 3.05) is 19.8 Å². The molecule has 37 heavy (non-hydrogen) atoms. The van der Waals surface area contributed by atoms with Gasteiger partial charge in [0.25, 0.3) is 0 Å². The summed E-state index contributed by atoms with van der Waals surface area (Å²) in [7, 11) is 0. The van der Waals surface area contributed by atoms with Crippen molar-refractivity contribution in [1.29, 1.82) is 0 Å². The summed E-state index contributed by atoms with van der Waals surface area (Å²) in [6.07, 6.45) is 4.52. The van der Waals surface area contributed by atoms with Crippen LogP contribution in [0.1, 0.15) is 45.1 Å². The lowest BCUT2D eigenvalue weighted by atomic mass is 10.0. The highest BCUT2D eigenvalue weighted by Crippen LogP contribution is 2.21. The van der Waals surface area contributed by atoms with E-state index in [4.69, 9.17) is 11.5 Å². The first-order chi connectivity index (χ1) is 17.6. The fourth-order valence-electron chi connectivity index (χ4n) is 4.11. The van der Waals surface area contributed by atoms with Crippen LogP contribution in [0.3, 0.4) is 0 Å². The second-order valence-corrected chi connectivity index (χ2v) is 9.27. The Morgan fingerprint density at radius 3 is 2.49 bits per heavy atom. The molecular weight excluding hydrogens is 479 g/mol. The minimum atomic E-state index is -1.22. The molecule has 2 rings (SSSR count). The van der Waals surface area contributed by atoms with Crippen LogP contribution in [0, 0.1) is 5.92 Å². The third-order valence-corrected chi connectivity index (χ3v) is 6.08. The van der Waals surface area contributed by atoms with Crippen LogP contribution >= 0.6 is 0 Å². The zero-order valence-electron chi connectivity index (χ0n) is 21.4. The molecule has 1 heterocycles. The zero-order valence-corrected chi connectivity index (χ0v) is 21.4. The molecule has 3 atom stereocenters. The molecule has 0 radical (unpaired) electrons. The molecule has 1 aliphatic heterocycles. The number of amides is 3. The first-order valence-corrected chi connectivity index (χ1v) is 12.4. The Bertz CT molecular complexity index is 994. The summed E-state index contributed by atoms with van der Waals surface area (Å²) in [5, 5.41) is 5.35. The summed E-state index contributed by atoms with van der Waals surface area (Å²) < 4.78 is 13.1. The van der Waals surface area contributed by atoms with E-state index in [1.54, 1.807) is 19.9 Å². The maximum Gasteiger partial charge on any atom is 0.246 e. The van der Waals surface area contributed by atoms with Crippen molar-refractivity contribution >= 4 is 35.5 Å². The fraction of sp³-hybridized carbons (Fsp3) is 0.500. The van der Waals surface area contributed by atoms with Crippen LogP contribution in [-0.2, 0) is 19.2 Å². The van der Waals surface area contributed by atoms with Gasteiger partial charge in [-0.05, 0) is 43.2 Å². The molecule has 1 aromatic carbocycles. The molecule has 11 heteroatoms. The van der Waals surface area contributed by atoms with Gasteiger partial charge in [-0.3, -0.25) is 24.2 Å². The maximum atomic E-state index is 13.4. The van der Waals surface area contributed by atoms with Gasteiger partial charge >= 0.3 is 0 Å². The van der Waals surface area contributed by atoms with Gasteiger partial charge in [-0.2, -0.15) is 0 Å². The largest absolute Gasteiger partial charge is 0.370 e. The third kappa shape index (κ3) is 9.32. The number of nitrogens with two attached hydrogens (primary N) is 2. The van der Waals surface area contributed by atoms with Crippen LogP contribution in [0.4, 0.5) is 4.39 Å². The zero-order chi connectivity index (χ0) is 27.4. The van der Waals surface area contributed by atoms with E-state index in [1.165, 1.54) is 11.0 Å². The maximum absolute atomic E-state index is 13.4. The molecule has 1 fully saturated rings. The van der Waals surface area contributed by atoms with E-state index >= 15 is 0 Å². The highest BCUT2D eigenvalue weighted by atomic mass is 19.1. The van der Waals surface area contributed by atoms with Crippen molar-refractivity contribution in [3.63, 3.8) is 0 Å². The fourth-order valence-corrected chi connectivity index (χ4v) is 4.11. The molecule has 0 spiro atoms. The Balaban J connectivity index is 2.05. The van der Waals surface area contributed by atoms with Gasteiger partial charge in [0.1, 0.15) is 18.8 Å². The van der Waals surface area contributed by atoms with E-state index in [0.717, 1.165) is 5.56 Å². The second kappa shape index (κ2) is 14.7. The summed E-state index contributed by atoms with van der Waals surface area (Å²) in [6, 6.07) is 6.57. The van der Waals surface area contributed by atoms with Crippen molar-refractivity contribution < 1.29 is 23.6 Å². The van der Waals surface area contributed by atoms with Crippen molar-refractivity contribution in [2.45, 2.75) is 57.7 Å². The third-order valence-electron chi connectivity index (χ3n) is 6.08. The average molecular weight is 517 g/mol. The second-order valence-electron chi connectivity index (χ2n) is 9.27. The van der Waals surface area contributed by atoms with E-state index in [1.807, 2.05) is 30.3 Å². The highest BCUT2D eigenvalue weighted by molar-refractivity contribution is 5.98. The smallest absolute Gasteiger partial charge is 0.246 e. The summed E-state index contributed by atoms with van der Waals surface area (Å²) in [6.45, 7) is 2.96. The van der Waals surface area contributed by atoms with E-state index in [0.29, 0.717) is 25.8 Å². The van der Waals surface area contributed by atoms with E-state index < -0.39 is 42.4 Å². The van der Waals surface area contributed by atoms with Gasteiger partial charge in [-0.15, -0.1) is 0 Å². The molecule has 0 aliphatic carbocycles. The summed E-state index contributed by atoms with van der Waals surface area (Å²) in [5.41, 5.74) is 11.4. The summed E-state index contributed by atoms with van der Waals surface area (Å²) >= 11 is 0. The number of rotatable bonds is 13. The van der Waals surface area contributed by atoms with Crippen LogP contribution < -0.4 is 22.1 Å². The van der Waals surface area contributed by atoms with Crippen LogP contribution in [0.15, 0.2) is 41.4 Å². The van der Waals surface area contributed by atoms with Gasteiger partial charge in [-0.25, -0.2) is 4.39 Å². The topological polar surface area (TPSA) is 160 Å². The minimum absolute atomic E-state index is 0.0973. The molecule has 0 bridgehead atoms. The first kappa shape index (κ1) is 29.5. The lowest BCUT2D eigenvalue weighted by molar-refractivity contribution is -0.142. The number of benzene rings is 1. The molecule has 1 aliphatic rings. The first-order valence-electron chi connectivity index (χ1n) is 12.4. The number of guanidine groups is 1. The number of halogens is 1. The quantitative estimate of drug-likeness (QED) is 0.132. The SMILES string of the molecule is CC(C)[C@H](NC(=O)C=Cc1ccccc1)C(=O)N1CCC[C@H]1C(=O)N[C@@H](CCCN=C(N)N)C(=O)CF. The van der Waals surface area contributed by atoms with Gasteiger partial charge in [0.05, 0.1) is 6.04 Å². The van der Waals surface area contributed by atoms with Crippen LogP contribution in [0.25, 0.3) is 6.08 Å². The van der Waals surface area contributed by atoms with Gasteiger partial charge in [0.2, 0.25) is 17.7 Å². The minimum Gasteiger partial charge on any atom is -0.370 e. The molecule has 0 aromatic heterocycles. The Morgan fingerprint density at radius 2 is 1.86 bits per heavy atom. The number of hydrogen-bond donors (Lipinski definition) is 4. The van der Waals surface area contributed by atoms with E-state index in [-0.39, 0.29) is 30.8 Å². The number of hydrogen-bond acceptors (Lipinski definition) is 5. The Hall–Kier alpha value is -3.76. The highest BCUT2D eigenvalue weighted by Gasteiger charge is 2.39. The monoisotopic (exact) mass is 516 g/mol. The number of nitrogens with one attached hydrogen (secondary N) is 2. The van der Waals surface area contributed by atoms with Crippen molar-refractivity contribution in [3.05, 3.63) is 42.0 Å². The van der Waals surface area contributed by atoms with Gasteiger partial charge in [-0.1, -0.05) is 44.2 Å². The van der Waals surface area contributed by atoms with Gasteiger partial charge in [0.15, 0.2) is 11.7 Å². The molecule has 0 saturated carbocycles. The number of alkyl halides is 1. The summed E-state index contributed by atoms with van der Waals surface area (Å²) in [5.74, 6) is -2.42. The van der Waals surface area contributed by atoms with Crippen LogP contribution in [-0.4, -0.2) is 72.3 Å². The number of Topliss-reactive ketones (excluding diaryl/α,β-unsaturated/α-hetero) is 1. The predicted octanol–water partition coefficient (Wildman–Crippen LogP) is 0.909. The van der Waals surface area contributed by atoms with Crippen molar-refractivity contribution in [1.82, 2.24) is 15.5 Å². The van der Waals surface area contributed by atoms with Gasteiger partial charge in [0, 0.05) is 19.2 Å².